The van der Waals surface area contributed by atoms with Gasteiger partial charge in [0.05, 0.1) is 0 Å². The van der Waals surface area contributed by atoms with Gasteiger partial charge >= 0.3 is 0 Å². The Balaban J connectivity index is 0.000000861. The monoisotopic (exact) mass is 257 g/mol. The molecule has 2 aromatic rings. The predicted molar refractivity (Wildman–Crippen MR) is 81.2 cm³/mol. The third kappa shape index (κ3) is 4.76. The lowest BCUT2D eigenvalue weighted by Gasteiger charge is -2.10. The number of aryl methyl sites for hydroxylation is 1. The van der Waals surface area contributed by atoms with E-state index in [1.54, 1.807) is 0 Å². The normalized spacial score (nSPS) is 9.47. The largest absolute Gasteiger partial charge is 0.489 e. The van der Waals surface area contributed by atoms with Crippen molar-refractivity contribution in [3.8, 4) is 5.75 Å². The van der Waals surface area contributed by atoms with Crippen LogP contribution in [0.5, 0.6) is 5.75 Å². The molecule has 0 fully saturated rings. The Kier molecular flexibility index (Phi) is 6.69. The number of benzene rings is 2. The van der Waals surface area contributed by atoms with Crippen LogP contribution >= 0.6 is 0 Å². The summed E-state index contributed by atoms with van der Waals surface area (Å²) in [5.41, 5.74) is 9.03. The molecule has 0 saturated carbocycles. The van der Waals surface area contributed by atoms with Gasteiger partial charge in [-0.1, -0.05) is 56.3 Å². The maximum atomic E-state index is 5.78. The van der Waals surface area contributed by atoms with Crippen LogP contribution in [0.25, 0.3) is 0 Å². The minimum absolute atomic E-state index is 0.569. The van der Waals surface area contributed by atoms with Crippen LogP contribution in [0.4, 0.5) is 0 Å². The lowest BCUT2D eigenvalue weighted by Crippen LogP contribution is -2.00. The van der Waals surface area contributed by atoms with Crippen molar-refractivity contribution in [1.29, 1.82) is 0 Å². The van der Waals surface area contributed by atoms with E-state index in [9.17, 15) is 0 Å². The van der Waals surface area contributed by atoms with Crippen molar-refractivity contribution in [3.05, 3.63) is 65.2 Å². The van der Waals surface area contributed by atoms with Gasteiger partial charge in [-0.05, 0) is 29.7 Å². The molecule has 0 aromatic heterocycles. The van der Waals surface area contributed by atoms with E-state index < -0.39 is 0 Å². The zero-order valence-electron chi connectivity index (χ0n) is 12.0. The molecule has 0 radical (unpaired) electrons. The van der Waals surface area contributed by atoms with E-state index in [4.69, 9.17) is 10.5 Å². The molecule has 2 rings (SSSR count). The minimum Gasteiger partial charge on any atom is -0.489 e. The summed E-state index contributed by atoms with van der Waals surface area (Å²) < 4.78 is 5.78. The number of rotatable bonds is 4. The maximum Gasteiger partial charge on any atom is 0.122 e. The second-order valence-electron chi connectivity index (χ2n) is 4.08. The summed E-state index contributed by atoms with van der Waals surface area (Å²) >= 11 is 0. The molecule has 102 valence electrons. The Morgan fingerprint density at radius 2 is 1.63 bits per heavy atom. The Morgan fingerprint density at radius 1 is 0.947 bits per heavy atom. The van der Waals surface area contributed by atoms with Crippen LogP contribution in [-0.4, -0.2) is 0 Å². The van der Waals surface area contributed by atoms with Crippen LogP contribution in [0.2, 0.25) is 0 Å². The molecule has 0 atom stereocenters. The highest BCUT2D eigenvalue weighted by Gasteiger charge is 2.01. The van der Waals surface area contributed by atoms with Gasteiger partial charge in [0, 0.05) is 6.54 Å². The van der Waals surface area contributed by atoms with E-state index >= 15 is 0 Å². The highest BCUT2D eigenvalue weighted by atomic mass is 16.5. The van der Waals surface area contributed by atoms with Gasteiger partial charge < -0.3 is 10.5 Å². The van der Waals surface area contributed by atoms with E-state index in [1.807, 2.05) is 51.1 Å². The lowest BCUT2D eigenvalue weighted by atomic mass is 10.1. The molecular formula is C17H23NO. The first-order valence-electron chi connectivity index (χ1n) is 6.76. The van der Waals surface area contributed by atoms with E-state index in [1.165, 1.54) is 5.56 Å². The van der Waals surface area contributed by atoms with E-state index in [-0.39, 0.29) is 0 Å². The van der Waals surface area contributed by atoms with Crippen molar-refractivity contribution in [3.63, 3.8) is 0 Å². The second kappa shape index (κ2) is 8.33. The highest BCUT2D eigenvalue weighted by Crippen LogP contribution is 2.20. The zero-order valence-corrected chi connectivity index (χ0v) is 12.0. The molecule has 0 heterocycles. The summed E-state index contributed by atoms with van der Waals surface area (Å²) in [6.45, 7) is 7.21. The van der Waals surface area contributed by atoms with Crippen molar-refractivity contribution in [2.45, 2.75) is 33.9 Å². The molecule has 2 aromatic carbocycles. The quantitative estimate of drug-likeness (QED) is 0.896. The van der Waals surface area contributed by atoms with Gasteiger partial charge in [-0.3, -0.25) is 0 Å². The summed E-state index contributed by atoms with van der Waals surface area (Å²) in [7, 11) is 0. The standard InChI is InChI=1S/C15H17NO.C2H6/c1-12-9-14(10-16)7-8-15(12)17-11-13-5-3-2-4-6-13;1-2/h2-9H,10-11,16H2,1H3;1-2H3. The van der Waals surface area contributed by atoms with Crippen LogP contribution in [0, 0.1) is 6.92 Å². The average Bonchev–Trinajstić information content (AvgIpc) is 2.49. The summed E-state index contributed by atoms with van der Waals surface area (Å²) in [6, 6.07) is 16.2. The van der Waals surface area contributed by atoms with Gasteiger partial charge in [0.1, 0.15) is 12.4 Å². The van der Waals surface area contributed by atoms with E-state index in [0.717, 1.165) is 16.9 Å². The van der Waals surface area contributed by atoms with Crippen molar-refractivity contribution >= 4 is 0 Å². The molecule has 0 aliphatic carbocycles. The van der Waals surface area contributed by atoms with Crippen molar-refractivity contribution in [2.24, 2.45) is 5.73 Å². The molecule has 2 N–H and O–H groups in total. The van der Waals surface area contributed by atoms with Gasteiger partial charge in [-0.25, -0.2) is 0 Å². The topological polar surface area (TPSA) is 35.2 Å². The molecule has 0 amide bonds. The first-order valence-corrected chi connectivity index (χ1v) is 6.76. The van der Waals surface area contributed by atoms with E-state index in [0.29, 0.717) is 13.2 Å². The molecule has 19 heavy (non-hydrogen) atoms. The fourth-order valence-electron chi connectivity index (χ4n) is 1.74. The smallest absolute Gasteiger partial charge is 0.122 e. The highest BCUT2D eigenvalue weighted by molar-refractivity contribution is 5.36. The second-order valence-corrected chi connectivity index (χ2v) is 4.08. The number of ether oxygens (including phenoxy) is 1. The van der Waals surface area contributed by atoms with Crippen LogP contribution in [-0.2, 0) is 13.2 Å². The summed E-state index contributed by atoms with van der Waals surface area (Å²) in [5.74, 6) is 0.922. The predicted octanol–water partition coefficient (Wildman–Crippen LogP) is 4.06. The third-order valence-electron chi connectivity index (χ3n) is 2.71. The molecule has 2 heteroatoms. The van der Waals surface area contributed by atoms with Crippen molar-refractivity contribution in [1.82, 2.24) is 0 Å². The minimum atomic E-state index is 0.569. The summed E-state index contributed by atoms with van der Waals surface area (Å²) in [5, 5.41) is 0. The molecule has 0 spiro atoms. The number of nitrogens with two attached hydrogens (primary N) is 1. The fraction of sp³-hybridized carbons (Fsp3) is 0.294. The molecular weight excluding hydrogens is 234 g/mol. The summed E-state index contributed by atoms with van der Waals surface area (Å²) in [6.07, 6.45) is 0. The molecule has 0 unspecified atom stereocenters. The Bertz CT molecular complexity index is 480. The Morgan fingerprint density at radius 3 is 2.21 bits per heavy atom. The molecule has 0 saturated heterocycles. The SMILES string of the molecule is CC.Cc1cc(CN)ccc1OCc1ccccc1. The van der Waals surface area contributed by atoms with Crippen LogP contribution in [0.15, 0.2) is 48.5 Å². The van der Waals surface area contributed by atoms with Crippen LogP contribution < -0.4 is 10.5 Å². The first-order chi connectivity index (χ1) is 9.29. The third-order valence-corrected chi connectivity index (χ3v) is 2.71. The number of hydrogen-bond acceptors (Lipinski definition) is 2. The maximum absolute atomic E-state index is 5.78. The van der Waals surface area contributed by atoms with Gasteiger partial charge in [-0.15, -0.1) is 0 Å². The summed E-state index contributed by atoms with van der Waals surface area (Å²) in [4.78, 5) is 0. The number of hydrogen-bond donors (Lipinski definition) is 1. The average molecular weight is 257 g/mol. The van der Waals surface area contributed by atoms with Gasteiger partial charge in [0.15, 0.2) is 0 Å². The van der Waals surface area contributed by atoms with Crippen molar-refractivity contribution < 1.29 is 4.74 Å². The van der Waals surface area contributed by atoms with E-state index in [2.05, 4.69) is 18.2 Å². The molecule has 0 aliphatic heterocycles. The van der Waals surface area contributed by atoms with Crippen molar-refractivity contribution in [2.75, 3.05) is 0 Å². The van der Waals surface area contributed by atoms with Crippen LogP contribution in [0.3, 0.4) is 0 Å². The Hall–Kier alpha value is -1.80. The first kappa shape index (κ1) is 15.3. The Labute approximate surface area is 116 Å². The fourth-order valence-corrected chi connectivity index (χ4v) is 1.74. The van der Waals surface area contributed by atoms with Crippen LogP contribution in [0.1, 0.15) is 30.5 Å². The zero-order chi connectivity index (χ0) is 14.1. The molecule has 0 aliphatic rings. The lowest BCUT2D eigenvalue weighted by molar-refractivity contribution is 0.304. The molecule has 0 bridgehead atoms. The molecule has 2 nitrogen and oxygen atoms in total. The van der Waals surface area contributed by atoms with Gasteiger partial charge in [0.2, 0.25) is 0 Å². The van der Waals surface area contributed by atoms with Gasteiger partial charge in [-0.2, -0.15) is 0 Å². The van der Waals surface area contributed by atoms with Gasteiger partial charge in [0.25, 0.3) is 0 Å².